The van der Waals surface area contributed by atoms with Gasteiger partial charge in [-0.3, -0.25) is 4.79 Å². The maximum absolute atomic E-state index is 14.3. The Balaban J connectivity index is 1.71. The van der Waals surface area contributed by atoms with Crippen LogP contribution < -0.4 is 15.8 Å². The summed E-state index contributed by atoms with van der Waals surface area (Å²) in [6, 6.07) is 8.15. The van der Waals surface area contributed by atoms with Crippen molar-refractivity contribution in [1.82, 2.24) is 5.32 Å². The van der Waals surface area contributed by atoms with Gasteiger partial charge in [-0.25, -0.2) is 8.78 Å². The van der Waals surface area contributed by atoms with Crippen molar-refractivity contribution in [3.05, 3.63) is 64.1 Å². The Hall–Kier alpha value is -2.42. The van der Waals surface area contributed by atoms with Crippen LogP contribution >= 0.6 is 11.8 Å². The number of rotatable bonds is 6. The molecule has 1 heterocycles. The Morgan fingerprint density at radius 1 is 1.29 bits per heavy atom. The van der Waals surface area contributed by atoms with E-state index in [0.29, 0.717) is 5.75 Å². The zero-order valence-electron chi connectivity index (χ0n) is 15.2. The van der Waals surface area contributed by atoms with Crippen molar-refractivity contribution in [3.8, 4) is 11.5 Å². The van der Waals surface area contributed by atoms with Gasteiger partial charge in [0.2, 0.25) is 0 Å². The summed E-state index contributed by atoms with van der Waals surface area (Å²) < 4.78 is 38.6. The number of benzene rings is 2. The third-order valence-corrected chi connectivity index (χ3v) is 5.09. The summed E-state index contributed by atoms with van der Waals surface area (Å²) in [4.78, 5) is 12.6. The second kappa shape index (κ2) is 9.18. The fourth-order valence-electron chi connectivity index (χ4n) is 2.71. The number of nitrogens with one attached hydrogen (secondary N) is 1. The van der Waals surface area contributed by atoms with E-state index in [1.807, 2.05) is 12.1 Å². The van der Waals surface area contributed by atoms with Crippen LogP contribution in [-0.4, -0.2) is 31.5 Å². The molecule has 2 aromatic rings. The van der Waals surface area contributed by atoms with E-state index in [-0.39, 0.29) is 12.0 Å². The van der Waals surface area contributed by atoms with Gasteiger partial charge in [-0.05, 0) is 47.9 Å². The largest absolute Gasteiger partial charge is 0.468 e. The minimum atomic E-state index is -0.995. The van der Waals surface area contributed by atoms with Crippen LogP contribution in [0.2, 0.25) is 0 Å². The van der Waals surface area contributed by atoms with Gasteiger partial charge < -0.3 is 20.5 Å². The average molecular weight is 406 g/mol. The minimum Gasteiger partial charge on any atom is -0.468 e. The molecular formula is C20H20F2N2O3S. The second-order valence-corrected chi connectivity index (χ2v) is 7.32. The summed E-state index contributed by atoms with van der Waals surface area (Å²) in [5.41, 5.74) is 6.85. The first kappa shape index (κ1) is 20.3. The highest BCUT2D eigenvalue weighted by Crippen LogP contribution is 2.30. The number of halogens is 2. The third-order valence-electron chi connectivity index (χ3n) is 4.10. The lowest BCUT2D eigenvalue weighted by atomic mass is 10.1. The van der Waals surface area contributed by atoms with E-state index in [2.05, 4.69) is 16.1 Å². The molecule has 148 valence electrons. The topological polar surface area (TPSA) is 73.6 Å². The van der Waals surface area contributed by atoms with Crippen molar-refractivity contribution in [2.45, 2.75) is 12.5 Å². The molecule has 8 heteroatoms. The fourth-order valence-corrected chi connectivity index (χ4v) is 3.53. The second-order valence-electron chi connectivity index (χ2n) is 6.22. The zero-order chi connectivity index (χ0) is 20.1. The van der Waals surface area contributed by atoms with Crippen molar-refractivity contribution in [3.63, 3.8) is 0 Å². The van der Waals surface area contributed by atoms with E-state index < -0.39 is 29.4 Å². The minimum absolute atomic E-state index is 0.0446. The first-order valence-corrected chi connectivity index (χ1v) is 9.58. The SMILES string of the molecule is COC(=O)C(N)Cc1cc(F)c(Oc2ccc(C=C3CNCS3)cc2)c(F)c1. The van der Waals surface area contributed by atoms with Crippen LogP contribution in [0.15, 0.2) is 41.3 Å². The molecule has 0 aliphatic carbocycles. The molecular weight excluding hydrogens is 386 g/mol. The molecule has 3 rings (SSSR count). The van der Waals surface area contributed by atoms with Gasteiger partial charge in [-0.1, -0.05) is 12.1 Å². The van der Waals surface area contributed by atoms with Crippen molar-refractivity contribution in [2.75, 3.05) is 19.5 Å². The molecule has 2 aromatic carbocycles. The van der Waals surface area contributed by atoms with Crippen molar-refractivity contribution < 1.29 is 23.0 Å². The lowest BCUT2D eigenvalue weighted by molar-refractivity contribution is -0.142. The van der Waals surface area contributed by atoms with Crippen molar-refractivity contribution in [2.24, 2.45) is 5.73 Å². The molecule has 1 unspecified atom stereocenters. The van der Waals surface area contributed by atoms with E-state index in [4.69, 9.17) is 10.5 Å². The molecule has 28 heavy (non-hydrogen) atoms. The van der Waals surface area contributed by atoms with Gasteiger partial charge in [0.1, 0.15) is 11.8 Å². The van der Waals surface area contributed by atoms with Crippen LogP contribution in [0.25, 0.3) is 6.08 Å². The first-order valence-electron chi connectivity index (χ1n) is 8.59. The summed E-state index contributed by atoms with van der Waals surface area (Å²) >= 11 is 1.74. The molecule has 0 bridgehead atoms. The Labute approximate surface area is 165 Å². The van der Waals surface area contributed by atoms with Crippen molar-refractivity contribution in [1.29, 1.82) is 0 Å². The predicted octanol–water partition coefficient (Wildman–Crippen LogP) is 3.43. The molecule has 0 aromatic heterocycles. The Bertz CT molecular complexity index is 857. The van der Waals surface area contributed by atoms with E-state index in [0.717, 1.165) is 30.1 Å². The number of thioether (sulfide) groups is 1. The molecule has 0 spiro atoms. The van der Waals surface area contributed by atoms with Gasteiger partial charge in [0.05, 0.1) is 7.11 Å². The van der Waals surface area contributed by atoms with Gasteiger partial charge in [0.25, 0.3) is 0 Å². The highest BCUT2D eigenvalue weighted by atomic mass is 32.2. The molecule has 1 fully saturated rings. The molecule has 0 radical (unpaired) electrons. The van der Waals surface area contributed by atoms with Crippen molar-refractivity contribution >= 4 is 23.8 Å². The Morgan fingerprint density at radius 2 is 1.96 bits per heavy atom. The first-order chi connectivity index (χ1) is 13.5. The molecule has 0 amide bonds. The molecule has 0 saturated carbocycles. The zero-order valence-corrected chi connectivity index (χ0v) is 16.0. The van der Waals surface area contributed by atoms with Gasteiger partial charge >= 0.3 is 5.97 Å². The Kier molecular flexibility index (Phi) is 6.66. The summed E-state index contributed by atoms with van der Waals surface area (Å²) in [5.74, 6) is -1.68. The standard InChI is InChI=1S/C20H20F2N2O3S/c1-26-20(25)18(23)9-13-7-16(21)19(17(22)8-13)27-14-4-2-12(3-5-14)6-15-10-24-11-28-15/h2-8,18,24H,9-11,23H2,1H3. The van der Waals surface area contributed by atoms with Crippen LogP contribution in [0.3, 0.4) is 0 Å². The number of carbonyl (C=O) groups excluding carboxylic acids is 1. The number of hydrogen-bond donors (Lipinski definition) is 2. The van der Waals surface area contributed by atoms with E-state index >= 15 is 0 Å². The smallest absolute Gasteiger partial charge is 0.322 e. The average Bonchev–Trinajstić information content (AvgIpc) is 3.18. The van der Waals surface area contributed by atoms with Crippen LogP contribution in [-0.2, 0) is 16.0 Å². The van der Waals surface area contributed by atoms with Crippen LogP contribution in [0.4, 0.5) is 8.78 Å². The van der Waals surface area contributed by atoms with E-state index in [1.54, 1.807) is 23.9 Å². The van der Waals surface area contributed by atoms with E-state index in [1.165, 1.54) is 12.0 Å². The Morgan fingerprint density at radius 3 is 2.54 bits per heavy atom. The highest BCUT2D eigenvalue weighted by molar-refractivity contribution is 8.03. The van der Waals surface area contributed by atoms with Crippen LogP contribution in [0.1, 0.15) is 11.1 Å². The number of nitrogens with two attached hydrogens (primary N) is 1. The summed E-state index contributed by atoms with van der Waals surface area (Å²) in [5, 5.41) is 3.23. The number of hydrogen-bond acceptors (Lipinski definition) is 6. The summed E-state index contributed by atoms with van der Waals surface area (Å²) in [6.07, 6.45) is 2.01. The van der Waals surface area contributed by atoms with Gasteiger partial charge in [-0.15, -0.1) is 11.8 Å². The number of carbonyl (C=O) groups is 1. The summed E-state index contributed by atoms with van der Waals surface area (Å²) in [7, 11) is 1.20. The molecule has 1 saturated heterocycles. The fraction of sp³-hybridized carbons (Fsp3) is 0.250. The quantitative estimate of drug-likeness (QED) is 0.716. The normalized spacial score (nSPS) is 16.2. The van der Waals surface area contributed by atoms with Gasteiger partial charge in [0.15, 0.2) is 17.4 Å². The lowest BCUT2D eigenvalue weighted by Gasteiger charge is -2.12. The number of ether oxygens (including phenoxy) is 2. The lowest BCUT2D eigenvalue weighted by Crippen LogP contribution is -2.33. The summed E-state index contributed by atoms with van der Waals surface area (Å²) in [6.45, 7) is 0.839. The van der Waals surface area contributed by atoms with Crippen LogP contribution in [0.5, 0.6) is 11.5 Å². The van der Waals surface area contributed by atoms with Gasteiger partial charge in [0, 0.05) is 17.3 Å². The maximum atomic E-state index is 14.3. The number of methoxy groups -OCH3 is 1. The number of esters is 1. The predicted molar refractivity (Wildman–Crippen MR) is 105 cm³/mol. The molecule has 1 aliphatic rings. The monoisotopic (exact) mass is 406 g/mol. The van der Waals surface area contributed by atoms with E-state index in [9.17, 15) is 13.6 Å². The molecule has 3 N–H and O–H groups in total. The molecule has 1 aliphatic heterocycles. The maximum Gasteiger partial charge on any atom is 0.322 e. The molecule has 1 atom stereocenters. The third kappa shape index (κ3) is 5.09. The van der Waals surface area contributed by atoms with Gasteiger partial charge in [-0.2, -0.15) is 0 Å². The highest BCUT2D eigenvalue weighted by Gasteiger charge is 2.19. The molecule has 5 nitrogen and oxygen atoms in total. The van der Waals surface area contributed by atoms with Crippen LogP contribution in [0, 0.1) is 11.6 Å².